The molecule has 0 bridgehead atoms. The van der Waals surface area contributed by atoms with Gasteiger partial charge < -0.3 is 20.1 Å². The van der Waals surface area contributed by atoms with Crippen LogP contribution in [0, 0.1) is 10.1 Å². The quantitative estimate of drug-likeness (QED) is 0.362. The lowest BCUT2D eigenvalue weighted by molar-refractivity contribution is -0.384. The van der Waals surface area contributed by atoms with Gasteiger partial charge in [-0.1, -0.05) is 12.1 Å². The molecule has 29 heavy (non-hydrogen) atoms. The minimum Gasteiger partial charge on any atom is -0.495 e. The third kappa shape index (κ3) is 5.45. The average Bonchev–Trinajstić information content (AvgIpc) is 2.73. The van der Waals surface area contributed by atoms with Crippen LogP contribution in [0.1, 0.15) is 24.0 Å². The van der Waals surface area contributed by atoms with Crippen LogP contribution in [0.5, 0.6) is 11.5 Å². The Balaban J connectivity index is 1.39. The summed E-state index contributed by atoms with van der Waals surface area (Å²) in [5.74, 6) is 1.40. The van der Waals surface area contributed by atoms with Gasteiger partial charge >= 0.3 is 0 Å². The fraction of sp³-hybridized carbons (Fsp3) is 0.381. The van der Waals surface area contributed by atoms with Crippen molar-refractivity contribution in [3.05, 3.63) is 57.6 Å². The molecule has 0 radical (unpaired) electrons. The van der Waals surface area contributed by atoms with Gasteiger partial charge in [0.1, 0.15) is 18.1 Å². The Bertz CT molecular complexity index is 867. The molecule has 0 saturated heterocycles. The Morgan fingerprint density at radius 3 is 2.59 bits per heavy atom. The molecule has 0 spiro atoms. The van der Waals surface area contributed by atoms with Crippen molar-refractivity contribution in [2.45, 2.75) is 25.7 Å². The lowest BCUT2D eigenvalue weighted by Crippen LogP contribution is -2.24. The molecule has 1 aliphatic rings. The third-order valence-corrected chi connectivity index (χ3v) is 4.82. The van der Waals surface area contributed by atoms with E-state index in [0.717, 1.165) is 36.3 Å². The summed E-state index contributed by atoms with van der Waals surface area (Å²) in [5, 5.41) is 16.9. The van der Waals surface area contributed by atoms with Gasteiger partial charge in [-0.25, -0.2) is 0 Å². The van der Waals surface area contributed by atoms with E-state index in [9.17, 15) is 14.9 Å². The van der Waals surface area contributed by atoms with Crippen LogP contribution < -0.4 is 20.1 Å². The van der Waals surface area contributed by atoms with Crippen molar-refractivity contribution in [1.29, 1.82) is 0 Å². The van der Waals surface area contributed by atoms with Crippen LogP contribution in [0.15, 0.2) is 36.4 Å². The van der Waals surface area contributed by atoms with Crippen LogP contribution in [-0.4, -0.2) is 37.6 Å². The molecule has 2 aromatic carbocycles. The van der Waals surface area contributed by atoms with E-state index in [1.54, 1.807) is 25.3 Å². The zero-order valence-corrected chi connectivity index (χ0v) is 16.4. The predicted octanol–water partition coefficient (Wildman–Crippen LogP) is 3.09. The van der Waals surface area contributed by atoms with E-state index in [4.69, 9.17) is 9.47 Å². The summed E-state index contributed by atoms with van der Waals surface area (Å²) in [5.41, 5.74) is 2.88. The number of amides is 1. The van der Waals surface area contributed by atoms with Crippen LogP contribution in [0.3, 0.4) is 0 Å². The maximum atomic E-state index is 11.7. The van der Waals surface area contributed by atoms with Crippen LogP contribution in [0.2, 0.25) is 0 Å². The number of nitro benzene ring substituents is 1. The highest BCUT2D eigenvalue weighted by molar-refractivity contribution is 5.96. The number of nitrogens with zero attached hydrogens (tertiary/aromatic N) is 1. The van der Waals surface area contributed by atoms with Gasteiger partial charge in [0.25, 0.3) is 5.69 Å². The lowest BCUT2D eigenvalue weighted by Gasteiger charge is -2.22. The number of nitrogens with one attached hydrogen (secondary N) is 2. The summed E-state index contributed by atoms with van der Waals surface area (Å²) in [6.45, 7) is 2.05. The minimum atomic E-state index is -0.390. The number of ether oxygens (including phenoxy) is 2. The van der Waals surface area contributed by atoms with E-state index in [-0.39, 0.29) is 16.5 Å². The maximum Gasteiger partial charge on any atom is 0.269 e. The highest BCUT2D eigenvalue weighted by Crippen LogP contribution is 2.38. The van der Waals surface area contributed by atoms with Gasteiger partial charge in [0, 0.05) is 30.7 Å². The van der Waals surface area contributed by atoms with Gasteiger partial charge in [-0.2, -0.15) is 0 Å². The highest BCUT2D eigenvalue weighted by atomic mass is 16.6. The normalized spacial score (nSPS) is 12.8. The smallest absolute Gasteiger partial charge is 0.269 e. The molecule has 0 unspecified atom stereocenters. The van der Waals surface area contributed by atoms with Gasteiger partial charge in [-0.05, 0) is 43.5 Å². The Kier molecular flexibility index (Phi) is 7.02. The first-order valence-corrected chi connectivity index (χ1v) is 9.65. The second kappa shape index (κ2) is 9.88. The summed E-state index contributed by atoms with van der Waals surface area (Å²) in [7, 11) is 1.58. The molecule has 1 amide bonds. The predicted molar refractivity (Wildman–Crippen MR) is 110 cm³/mol. The molecule has 2 N–H and O–H groups in total. The van der Waals surface area contributed by atoms with Crippen molar-refractivity contribution in [1.82, 2.24) is 5.32 Å². The SMILES string of the molecule is COc1ccc(OCCNCCCc2ccc([N+](=O)[O-])cc2)c2c1NC(=O)CC2. The van der Waals surface area contributed by atoms with E-state index >= 15 is 0 Å². The van der Waals surface area contributed by atoms with E-state index in [1.807, 2.05) is 6.07 Å². The fourth-order valence-corrected chi connectivity index (χ4v) is 3.30. The van der Waals surface area contributed by atoms with Crippen molar-refractivity contribution >= 4 is 17.3 Å². The Labute approximate surface area is 169 Å². The molecule has 0 aromatic heterocycles. The number of nitro groups is 1. The van der Waals surface area contributed by atoms with Crippen LogP contribution in [0.4, 0.5) is 11.4 Å². The molecule has 0 fully saturated rings. The zero-order chi connectivity index (χ0) is 20.6. The topological polar surface area (TPSA) is 103 Å². The van der Waals surface area contributed by atoms with Gasteiger partial charge in [-0.15, -0.1) is 0 Å². The Hall–Kier alpha value is -3.13. The number of non-ortho nitro benzene ring substituents is 1. The number of benzene rings is 2. The number of methoxy groups -OCH3 is 1. The minimum absolute atomic E-state index is 0.0114. The van der Waals surface area contributed by atoms with Crippen molar-refractivity contribution in [3.8, 4) is 11.5 Å². The van der Waals surface area contributed by atoms with Crippen molar-refractivity contribution < 1.29 is 19.2 Å². The van der Waals surface area contributed by atoms with Crippen LogP contribution in [-0.2, 0) is 17.6 Å². The summed E-state index contributed by atoms with van der Waals surface area (Å²) in [4.78, 5) is 21.9. The van der Waals surface area contributed by atoms with E-state index in [2.05, 4.69) is 10.6 Å². The highest BCUT2D eigenvalue weighted by Gasteiger charge is 2.22. The molecule has 0 atom stereocenters. The molecule has 1 heterocycles. The van der Waals surface area contributed by atoms with Crippen LogP contribution >= 0.6 is 0 Å². The molecule has 3 rings (SSSR count). The zero-order valence-electron chi connectivity index (χ0n) is 16.4. The van der Waals surface area contributed by atoms with E-state index in [0.29, 0.717) is 37.4 Å². The lowest BCUT2D eigenvalue weighted by atomic mass is 10.0. The standard InChI is InChI=1S/C21H25N3O5/c1-28-19-10-9-18(17-8-11-20(25)23-21(17)19)29-14-13-22-12-2-3-15-4-6-16(7-5-15)24(26)27/h4-7,9-10,22H,2-3,8,11-14H2,1H3,(H,23,25). The first kappa shape index (κ1) is 20.6. The molecule has 0 aliphatic carbocycles. The number of aryl methyl sites for hydroxylation is 1. The molecule has 1 aliphatic heterocycles. The van der Waals surface area contributed by atoms with Gasteiger partial charge in [0.15, 0.2) is 0 Å². The van der Waals surface area contributed by atoms with Gasteiger partial charge in [-0.3, -0.25) is 14.9 Å². The van der Waals surface area contributed by atoms with Crippen molar-refractivity contribution in [2.75, 3.05) is 32.1 Å². The third-order valence-electron chi connectivity index (χ3n) is 4.82. The second-order valence-corrected chi connectivity index (χ2v) is 6.79. The number of anilines is 1. The monoisotopic (exact) mass is 399 g/mol. The summed E-state index contributed by atoms with van der Waals surface area (Å²) in [6.07, 6.45) is 2.87. The van der Waals surface area contributed by atoms with Gasteiger partial charge in [0.05, 0.1) is 17.7 Å². The molecule has 154 valence electrons. The molecule has 8 nitrogen and oxygen atoms in total. The number of hydrogen-bond donors (Lipinski definition) is 2. The Morgan fingerprint density at radius 2 is 1.86 bits per heavy atom. The number of rotatable bonds is 10. The number of carbonyl (C=O) groups excluding carboxylic acids is 1. The molecule has 0 saturated carbocycles. The number of carbonyl (C=O) groups is 1. The largest absolute Gasteiger partial charge is 0.495 e. The molecular formula is C21H25N3O5. The molecular weight excluding hydrogens is 374 g/mol. The average molecular weight is 399 g/mol. The molecule has 8 heteroatoms. The van der Waals surface area contributed by atoms with Crippen molar-refractivity contribution in [2.24, 2.45) is 0 Å². The molecule has 2 aromatic rings. The van der Waals surface area contributed by atoms with E-state index in [1.165, 1.54) is 12.1 Å². The van der Waals surface area contributed by atoms with E-state index < -0.39 is 0 Å². The second-order valence-electron chi connectivity index (χ2n) is 6.79. The Morgan fingerprint density at radius 1 is 1.10 bits per heavy atom. The number of fused-ring (bicyclic) bond motifs is 1. The summed E-state index contributed by atoms with van der Waals surface area (Å²) >= 11 is 0. The maximum absolute atomic E-state index is 11.7. The number of hydrogen-bond acceptors (Lipinski definition) is 6. The van der Waals surface area contributed by atoms with Crippen LogP contribution in [0.25, 0.3) is 0 Å². The van der Waals surface area contributed by atoms with Crippen molar-refractivity contribution in [3.63, 3.8) is 0 Å². The first-order valence-electron chi connectivity index (χ1n) is 9.65. The fourth-order valence-electron chi connectivity index (χ4n) is 3.30. The first-order chi connectivity index (χ1) is 14.1. The summed E-state index contributed by atoms with van der Waals surface area (Å²) < 4.78 is 11.2. The van der Waals surface area contributed by atoms with Gasteiger partial charge in [0.2, 0.25) is 5.91 Å². The summed E-state index contributed by atoms with van der Waals surface area (Å²) in [6, 6.07) is 10.4.